The molecule has 0 aromatic carbocycles. The number of unbranched alkanes of at least 4 members (excludes halogenated alkanes) is 54. The molecule has 4 N–H and O–H groups in total. The maximum Gasteiger partial charge on any atom is 0.303 e. The van der Waals surface area contributed by atoms with E-state index in [0.29, 0.717) is 25.7 Å². The standard InChI is InChI=1S/3C18H36O2.C16H32O2/c3*1-2-3-4-5-6-7-8-9-10-11-12-13-14-15-16-17-18(19)20;1-2-3-4-5-6-7-8-9-10-11-12-13-14-15-16(17)18/h3*2-17H2,1H3,(H,19,20);2-15H2,1H3,(H,17,18). The molecule has 8 nitrogen and oxygen atoms in total. The Labute approximate surface area is 487 Å². The van der Waals surface area contributed by atoms with Crippen LogP contribution < -0.4 is 0 Å². The Morgan fingerprint density at radius 1 is 0.154 bits per heavy atom. The Kier molecular flexibility index (Phi) is 83.5. The lowest BCUT2D eigenvalue weighted by molar-refractivity contribution is -0.138. The molecule has 0 rings (SSSR count). The maximum absolute atomic E-state index is 10.3. The Balaban J connectivity index is -0.000000468. The number of carboxylic acid groups (broad SMARTS) is 4. The summed E-state index contributed by atoms with van der Waals surface area (Å²) in [7, 11) is 0. The van der Waals surface area contributed by atoms with E-state index in [2.05, 4.69) is 27.7 Å². The van der Waals surface area contributed by atoms with Crippen molar-refractivity contribution < 1.29 is 39.6 Å². The minimum absolute atomic E-state index is 0.345. The van der Waals surface area contributed by atoms with Gasteiger partial charge in [0.1, 0.15) is 0 Å². The Morgan fingerprint density at radius 2 is 0.231 bits per heavy atom. The predicted octanol–water partition coefficient (Wildman–Crippen LogP) is 24.5. The zero-order valence-corrected chi connectivity index (χ0v) is 53.3. The van der Waals surface area contributed by atoms with E-state index in [-0.39, 0.29) is 0 Å². The van der Waals surface area contributed by atoms with E-state index in [1.54, 1.807) is 0 Å². The van der Waals surface area contributed by atoms with Crippen LogP contribution in [0.25, 0.3) is 0 Å². The molecule has 0 fully saturated rings. The molecule has 0 aliphatic rings. The maximum atomic E-state index is 10.3. The van der Waals surface area contributed by atoms with Gasteiger partial charge in [-0.25, -0.2) is 0 Å². The minimum Gasteiger partial charge on any atom is -0.481 e. The lowest BCUT2D eigenvalue weighted by atomic mass is 10.0. The molecule has 0 aromatic heterocycles. The van der Waals surface area contributed by atoms with Crippen LogP contribution in [0.3, 0.4) is 0 Å². The molecule has 0 aliphatic carbocycles. The van der Waals surface area contributed by atoms with Crippen LogP contribution in [0.5, 0.6) is 0 Å². The normalized spacial score (nSPS) is 10.8. The fourth-order valence-electron chi connectivity index (χ4n) is 10.2. The third kappa shape index (κ3) is 96.2. The lowest BCUT2D eigenvalue weighted by Gasteiger charge is -2.03. The molecule has 0 aliphatic heterocycles. The van der Waals surface area contributed by atoms with Gasteiger partial charge in [-0.15, -0.1) is 0 Å². The average Bonchev–Trinajstić information content (AvgIpc) is 3.41. The van der Waals surface area contributed by atoms with Gasteiger partial charge in [-0.1, -0.05) is 374 Å². The van der Waals surface area contributed by atoms with Crippen molar-refractivity contribution in [3.63, 3.8) is 0 Å². The third-order valence-electron chi connectivity index (χ3n) is 15.5. The second-order valence-corrected chi connectivity index (χ2v) is 23.7. The van der Waals surface area contributed by atoms with Crippen LogP contribution in [0.1, 0.15) is 426 Å². The molecule has 0 bridgehead atoms. The van der Waals surface area contributed by atoms with Crippen molar-refractivity contribution in [3.8, 4) is 0 Å². The van der Waals surface area contributed by atoms with Crippen molar-refractivity contribution in [1.82, 2.24) is 0 Å². The smallest absolute Gasteiger partial charge is 0.303 e. The second-order valence-electron chi connectivity index (χ2n) is 23.7. The van der Waals surface area contributed by atoms with Gasteiger partial charge in [0, 0.05) is 25.7 Å². The van der Waals surface area contributed by atoms with E-state index in [0.717, 1.165) is 51.4 Å². The number of aliphatic carboxylic acids is 4. The molecule has 0 saturated heterocycles. The SMILES string of the molecule is CCCCCCCCCCCCCCCC(=O)O.CCCCCCCCCCCCCCCCCC(=O)O.CCCCCCCCCCCCCCCCCC(=O)O.CCCCCCCCCCCCCCCCCC(=O)O. The molecule has 0 atom stereocenters. The van der Waals surface area contributed by atoms with Gasteiger partial charge in [-0.05, 0) is 25.7 Å². The van der Waals surface area contributed by atoms with Crippen molar-refractivity contribution in [2.24, 2.45) is 0 Å². The van der Waals surface area contributed by atoms with E-state index < -0.39 is 23.9 Å². The van der Waals surface area contributed by atoms with Crippen molar-refractivity contribution in [2.45, 2.75) is 426 Å². The predicted molar refractivity (Wildman–Crippen MR) is 339 cm³/mol. The van der Waals surface area contributed by atoms with Gasteiger partial charge in [0.2, 0.25) is 0 Å². The van der Waals surface area contributed by atoms with Gasteiger partial charge in [-0.2, -0.15) is 0 Å². The number of hydrogen-bond donors (Lipinski definition) is 4. The first-order valence-electron chi connectivity index (χ1n) is 35.0. The van der Waals surface area contributed by atoms with E-state index >= 15 is 0 Å². The Bertz CT molecular complexity index is 1020. The van der Waals surface area contributed by atoms with E-state index in [1.165, 1.54) is 321 Å². The van der Waals surface area contributed by atoms with Crippen LogP contribution in [-0.4, -0.2) is 44.3 Å². The quantitative estimate of drug-likeness (QED) is 0.0440. The summed E-state index contributed by atoms with van der Waals surface area (Å²) in [4.78, 5) is 41.3. The Hall–Kier alpha value is -2.12. The first-order chi connectivity index (χ1) is 38.1. The summed E-state index contributed by atoms with van der Waals surface area (Å²) in [5.41, 5.74) is 0. The fourth-order valence-corrected chi connectivity index (χ4v) is 10.2. The van der Waals surface area contributed by atoms with E-state index in [1.807, 2.05) is 0 Å². The van der Waals surface area contributed by atoms with E-state index in [9.17, 15) is 19.2 Å². The molecule has 0 radical (unpaired) electrons. The fraction of sp³-hybridized carbons (Fsp3) is 0.943. The molecule has 8 heteroatoms. The van der Waals surface area contributed by atoms with E-state index in [4.69, 9.17) is 20.4 Å². The van der Waals surface area contributed by atoms with Gasteiger partial charge in [0.25, 0.3) is 0 Å². The molecule has 0 amide bonds. The van der Waals surface area contributed by atoms with Crippen molar-refractivity contribution in [3.05, 3.63) is 0 Å². The molecule has 0 aromatic rings. The third-order valence-corrected chi connectivity index (χ3v) is 15.5. The van der Waals surface area contributed by atoms with Crippen molar-refractivity contribution in [2.75, 3.05) is 0 Å². The molecule has 0 unspecified atom stereocenters. The number of carbonyl (C=O) groups is 4. The largest absolute Gasteiger partial charge is 0.481 e. The van der Waals surface area contributed by atoms with Crippen molar-refractivity contribution >= 4 is 23.9 Å². The number of rotatable bonds is 62. The molecule has 0 saturated carbocycles. The van der Waals surface area contributed by atoms with Crippen LogP contribution in [0.4, 0.5) is 0 Å². The molecular weight excluding hydrogens is 969 g/mol. The van der Waals surface area contributed by atoms with Gasteiger partial charge in [0.15, 0.2) is 0 Å². The highest BCUT2D eigenvalue weighted by atomic mass is 16.4. The molecule has 0 heterocycles. The molecule has 78 heavy (non-hydrogen) atoms. The Morgan fingerprint density at radius 3 is 0.308 bits per heavy atom. The van der Waals surface area contributed by atoms with Gasteiger partial charge in [-0.3, -0.25) is 19.2 Å². The van der Waals surface area contributed by atoms with Crippen LogP contribution in [0, 0.1) is 0 Å². The van der Waals surface area contributed by atoms with Crippen LogP contribution in [0.15, 0.2) is 0 Å². The average molecular weight is 1110 g/mol. The highest BCUT2D eigenvalue weighted by Crippen LogP contribution is 2.18. The summed E-state index contributed by atoms with van der Waals surface area (Å²) in [5.74, 6) is -2.61. The molecule has 468 valence electrons. The molecular formula is C70H140O8. The topological polar surface area (TPSA) is 149 Å². The summed E-state index contributed by atoms with van der Waals surface area (Å²) in [5, 5.41) is 34.0. The second kappa shape index (κ2) is 79.1. The van der Waals surface area contributed by atoms with Crippen LogP contribution >= 0.6 is 0 Å². The van der Waals surface area contributed by atoms with Gasteiger partial charge in [0.05, 0.1) is 0 Å². The summed E-state index contributed by atoms with van der Waals surface area (Å²) >= 11 is 0. The summed E-state index contributed by atoms with van der Waals surface area (Å²) in [6.45, 7) is 9.07. The minimum atomic E-state index is -0.655. The highest BCUT2D eigenvalue weighted by Gasteiger charge is 2.01. The van der Waals surface area contributed by atoms with Crippen LogP contribution in [-0.2, 0) is 19.2 Å². The number of hydrogen-bond acceptors (Lipinski definition) is 4. The summed E-state index contributed by atoms with van der Waals surface area (Å²) < 4.78 is 0. The monoisotopic (exact) mass is 1110 g/mol. The van der Waals surface area contributed by atoms with Gasteiger partial charge >= 0.3 is 23.9 Å². The van der Waals surface area contributed by atoms with Crippen LogP contribution in [0.2, 0.25) is 0 Å². The first kappa shape index (κ1) is 82.3. The molecule has 0 spiro atoms. The lowest BCUT2D eigenvalue weighted by Crippen LogP contribution is -1.93. The number of carboxylic acids is 4. The highest BCUT2D eigenvalue weighted by molar-refractivity contribution is 5.67. The zero-order chi connectivity index (χ0) is 58.2. The van der Waals surface area contributed by atoms with Gasteiger partial charge < -0.3 is 20.4 Å². The van der Waals surface area contributed by atoms with Crippen molar-refractivity contribution in [1.29, 1.82) is 0 Å². The first-order valence-corrected chi connectivity index (χ1v) is 35.0. The zero-order valence-electron chi connectivity index (χ0n) is 53.3. The summed E-state index contributed by atoms with van der Waals surface area (Å²) in [6.07, 6.45) is 77.9. The summed E-state index contributed by atoms with van der Waals surface area (Å²) in [6, 6.07) is 0.